The molecule has 3 heteroatoms. The van der Waals surface area contributed by atoms with Gasteiger partial charge in [0.2, 0.25) is 0 Å². The first-order valence-corrected chi connectivity index (χ1v) is 9.37. The molecular formula is C25H23NO2. The maximum Gasteiger partial charge on any atom is 0.119 e. The predicted molar refractivity (Wildman–Crippen MR) is 113 cm³/mol. The van der Waals surface area contributed by atoms with E-state index in [4.69, 9.17) is 9.47 Å². The zero-order valence-corrected chi connectivity index (χ0v) is 15.9. The SMILES string of the molecule is COc1ccc(Cn2cccc2-c2ccc(OCc3ccccc3)cc2)cc1. The fraction of sp³-hybridized carbons (Fsp3) is 0.120. The van der Waals surface area contributed by atoms with Crippen LogP contribution in [0.25, 0.3) is 11.3 Å². The molecule has 0 aliphatic rings. The summed E-state index contributed by atoms with van der Waals surface area (Å²) in [5.74, 6) is 1.75. The minimum atomic E-state index is 0.577. The van der Waals surface area contributed by atoms with Crippen LogP contribution in [0.3, 0.4) is 0 Å². The van der Waals surface area contributed by atoms with Crippen LogP contribution >= 0.6 is 0 Å². The van der Waals surface area contributed by atoms with E-state index in [1.54, 1.807) is 7.11 Å². The molecule has 0 amide bonds. The Morgan fingerprint density at radius 1 is 0.679 bits per heavy atom. The Morgan fingerprint density at radius 2 is 1.39 bits per heavy atom. The van der Waals surface area contributed by atoms with Crippen LogP contribution in [0.1, 0.15) is 11.1 Å². The van der Waals surface area contributed by atoms with Gasteiger partial charge in [-0.15, -0.1) is 0 Å². The van der Waals surface area contributed by atoms with Gasteiger partial charge in [0.1, 0.15) is 18.1 Å². The average Bonchev–Trinajstić information content (AvgIpc) is 3.22. The van der Waals surface area contributed by atoms with Crippen LogP contribution in [-0.2, 0) is 13.2 Å². The van der Waals surface area contributed by atoms with E-state index in [2.05, 4.69) is 59.3 Å². The lowest BCUT2D eigenvalue weighted by molar-refractivity contribution is 0.306. The third-order valence-corrected chi connectivity index (χ3v) is 4.74. The van der Waals surface area contributed by atoms with Crippen molar-refractivity contribution < 1.29 is 9.47 Å². The highest BCUT2D eigenvalue weighted by molar-refractivity contribution is 5.61. The minimum absolute atomic E-state index is 0.577. The lowest BCUT2D eigenvalue weighted by atomic mass is 10.1. The van der Waals surface area contributed by atoms with E-state index in [1.807, 2.05) is 42.5 Å². The molecule has 3 aromatic carbocycles. The van der Waals surface area contributed by atoms with Crippen LogP contribution in [0.4, 0.5) is 0 Å². The first kappa shape index (κ1) is 17.9. The normalized spacial score (nSPS) is 10.6. The maximum atomic E-state index is 5.89. The van der Waals surface area contributed by atoms with Gasteiger partial charge in [-0.2, -0.15) is 0 Å². The van der Waals surface area contributed by atoms with Crippen molar-refractivity contribution in [2.75, 3.05) is 7.11 Å². The number of nitrogens with zero attached hydrogens (tertiary/aromatic N) is 1. The molecule has 0 N–H and O–H groups in total. The van der Waals surface area contributed by atoms with Gasteiger partial charge in [0.15, 0.2) is 0 Å². The maximum absolute atomic E-state index is 5.89. The van der Waals surface area contributed by atoms with E-state index in [-0.39, 0.29) is 0 Å². The monoisotopic (exact) mass is 369 g/mol. The Hall–Kier alpha value is -3.46. The molecule has 28 heavy (non-hydrogen) atoms. The summed E-state index contributed by atoms with van der Waals surface area (Å²) in [5.41, 5.74) is 4.76. The lowest BCUT2D eigenvalue weighted by Crippen LogP contribution is -2.00. The fourth-order valence-electron chi connectivity index (χ4n) is 3.20. The number of benzene rings is 3. The van der Waals surface area contributed by atoms with Gasteiger partial charge in [-0.25, -0.2) is 0 Å². The van der Waals surface area contributed by atoms with Crippen molar-refractivity contribution in [3.8, 4) is 22.8 Å². The Labute approximate surface area is 165 Å². The molecule has 1 aromatic heterocycles. The Morgan fingerprint density at radius 3 is 2.11 bits per heavy atom. The number of aromatic nitrogens is 1. The average molecular weight is 369 g/mol. The standard InChI is InChI=1S/C25H23NO2/c1-27-23-13-9-20(10-14-23)18-26-17-5-8-25(26)22-11-15-24(16-12-22)28-19-21-6-3-2-4-7-21/h2-17H,18-19H2,1H3. The van der Waals surface area contributed by atoms with Crippen LogP contribution in [0.5, 0.6) is 11.5 Å². The first-order chi connectivity index (χ1) is 13.8. The van der Waals surface area contributed by atoms with Crippen molar-refractivity contribution in [3.63, 3.8) is 0 Å². The smallest absolute Gasteiger partial charge is 0.119 e. The molecule has 0 saturated carbocycles. The van der Waals surface area contributed by atoms with Crippen LogP contribution in [-0.4, -0.2) is 11.7 Å². The number of methoxy groups -OCH3 is 1. The Balaban J connectivity index is 1.45. The summed E-state index contributed by atoms with van der Waals surface area (Å²) < 4.78 is 13.4. The molecule has 0 radical (unpaired) electrons. The van der Waals surface area contributed by atoms with Crippen molar-refractivity contribution in [2.24, 2.45) is 0 Å². The Kier molecular flexibility index (Phi) is 5.43. The fourth-order valence-corrected chi connectivity index (χ4v) is 3.20. The third kappa shape index (κ3) is 4.26. The van der Waals surface area contributed by atoms with Crippen molar-refractivity contribution in [1.82, 2.24) is 4.57 Å². The van der Waals surface area contributed by atoms with Crippen LogP contribution in [0, 0.1) is 0 Å². The molecule has 0 bridgehead atoms. The topological polar surface area (TPSA) is 23.4 Å². The number of ether oxygens (including phenoxy) is 2. The highest BCUT2D eigenvalue weighted by atomic mass is 16.5. The third-order valence-electron chi connectivity index (χ3n) is 4.74. The molecule has 0 fully saturated rings. The second-order valence-electron chi connectivity index (χ2n) is 6.67. The van der Waals surface area contributed by atoms with Gasteiger partial charge < -0.3 is 14.0 Å². The van der Waals surface area contributed by atoms with E-state index in [9.17, 15) is 0 Å². The minimum Gasteiger partial charge on any atom is -0.497 e. The van der Waals surface area contributed by atoms with E-state index in [0.717, 1.165) is 18.0 Å². The Bertz CT molecular complexity index is 1000. The van der Waals surface area contributed by atoms with Gasteiger partial charge in [-0.3, -0.25) is 0 Å². The van der Waals surface area contributed by atoms with E-state index in [1.165, 1.54) is 22.4 Å². The zero-order chi connectivity index (χ0) is 19.2. The summed E-state index contributed by atoms with van der Waals surface area (Å²) in [4.78, 5) is 0. The molecule has 4 aromatic rings. The van der Waals surface area contributed by atoms with Crippen molar-refractivity contribution >= 4 is 0 Å². The summed E-state index contributed by atoms with van der Waals surface area (Å²) in [6.45, 7) is 1.40. The van der Waals surface area contributed by atoms with Crippen molar-refractivity contribution in [1.29, 1.82) is 0 Å². The van der Waals surface area contributed by atoms with Crippen LogP contribution in [0.15, 0.2) is 97.2 Å². The highest BCUT2D eigenvalue weighted by Gasteiger charge is 2.06. The van der Waals surface area contributed by atoms with E-state index < -0.39 is 0 Å². The number of hydrogen-bond acceptors (Lipinski definition) is 2. The van der Waals surface area contributed by atoms with Gasteiger partial charge in [-0.05, 0) is 65.2 Å². The lowest BCUT2D eigenvalue weighted by Gasteiger charge is -2.11. The second kappa shape index (κ2) is 8.49. The molecule has 0 saturated heterocycles. The zero-order valence-electron chi connectivity index (χ0n) is 15.9. The number of hydrogen-bond donors (Lipinski definition) is 0. The van der Waals surface area contributed by atoms with E-state index >= 15 is 0 Å². The summed E-state index contributed by atoms with van der Waals surface area (Å²) in [6.07, 6.45) is 2.11. The predicted octanol–water partition coefficient (Wildman–Crippen LogP) is 5.79. The van der Waals surface area contributed by atoms with Gasteiger partial charge in [0, 0.05) is 18.4 Å². The molecule has 1 heterocycles. The van der Waals surface area contributed by atoms with E-state index in [0.29, 0.717) is 6.61 Å². The summed E-state index contributed by atoms with van der Waals surface area (Å²) in [5, 5.41) is 0. The van der Waals surface area contributed by atoms with Crippen molar-refractivity contribution in [3.05, 3.63) is 108 Å². The summed E-state index contributed by atoms with van der Waals surface area (Å²) >= 11 is 0. The van der Waals surface area contributed by atoms with Gasteiger partial charge in [-0.1, -0.05) is 42.5 Å². The summed E-state index contributed by atoms with van der Waals surface area (Å²) in [6, 6.07) is 30.9. The number of rotatable bonds is 7. The molecule has 0 spiro atoms. The second-order valence-corrected chi connectivity index (χ2v) is 6.67. The molecule has 0 unspecified atom stereocenters. The largest absolute Gasteiger partial charge is 0.497 e. The molecule has 0 aliphatic carbocycles. The van der Waals surface area contributed by atoms with Crippen molar-refractivity contribution in [2.45, 2.75) is 13.2 Å². The summed E-state index contributed by atoms with van der Waals surface area (Å²) in [7, 11) is 1.69. The molecule has 0 aliphatic heterocycles. The molecule has 0 atom stereocenters. The molecule has 3 nitrogen and oxygen atoms in total. The van der Waals surface area contributed by atoms with Gasteiger partial charge >= 0.3 is 0 Å². The van der Waals surface area contributed by atoms with Crippen LogP contribution in [0.2, 0.25) is 0 Å². The first-order valence-electron chi connectivity index (χ1n) is 9.37. The molecule has 4 rings (SSSR count). The van der Waals surface area contributed by atoms with Gasteiger partial charge in [0.05, 0.1) is 7.11 Å². The molecule has 140 valence electrons. The molecular weight excluding hydrogens is 346 g/mol. The quantitative estimate of drug-likeness (QED) is 0.411. The van der Waals surface area contributed by atoms with Gasteiger partial charge in [0.25, 0.3) is 0 Å². The highest BCUT2D eigenvalue weighted by Crippen LogP contribution is 2.25. The van der Waals surface area contributed by atoms with Crippen LogP contribution < -0.4 is 9.47 Å².